The summed E-state index contributed by atoms with van der Waals surface area (Å²) in [6.45, 7) is 0. The molecule has 8 aromatic carbocycles. The molecule has 0 fully saturated rings. The van der Waals surface area contributed by atoms with Crippen molar-refractivity contribution in [3.05, 3.63) is 200 Å². The molecule has 0 bridgehead atoms. The molecule has 0 spiro atoms. The number of para-hydroxylation sites is 1. The molecule has 6 nitrogen and oxygen atoms in total. The molecule has 0 aliphatic heterocycles. The third kappa shape index (κ3) is 5.57. The molecule has 12 aromatic rings. The Bertz CT molecular complexity index is 3570. The van der Waals surface area contributed by atoms with Crippen LogP contribution in [-0.4, -0.2) is 24.5 Å². The Kier molecular flexibility index (Phi) is 7.74. The molecule has 12 rings (SSSR count). The number of aromatic nitrogens is 5. The first-order valence-electron chi connectivity index (χ1n) is 20.0. The highest BCUT2D eigenvalue weighted by atomic mass is 16.3. The lowest BCUT2D eigenvalue weighted by Crippen LogP contribution is -2.00. The SMILES string of the molecule is c1ccc(-c2ccc(-c3cc4c5ccccc5n(-c5ccc(-c6nc(-c7ccccc7)nc(-c7ccc8oc9cccnc9c8c7)n6)cc5)c4c4ccccc34)cc2)cc1. The summed E-state index contributed by atoms with van der Waals surface area (Å²) in [5, 5.41) is 5.74. The second-order valence-corrected chi connectivity index (χ2v) is 15.0. The first-order chi connectivity index (χ1) is 29.7. The summed E-state index contributed by atoms with van der Waals surface area (Å²) >= 11 is 0. The largest absolute Gasteiger partial charge is 0.454 e. The standard InChI is InChI=1S/C54H33N5O/c1-3-12-34(13-4-1)35-21-23-36(24-22-35)44-33-45-42-17-9-10-19-47(42)59(51(45)43-18-8-7-16-41(43)44)40-28-25-38(26-29-40)53-56-52(37-14-5-2-6-15-37)57-54(58-53)39-27-30-48-46(32-39)50-49(60-48)20-11-31-55-50/h1-33H. The number of pyridine rings is 1. The summed E-state index contributed by atoms with van der Waals surface area (Å²) in [6, 6.07) is 67.8. The Labute approximate surface area is 344 Å². The number of furan rings is 1. The first-order valence-corrected chi connectivity index (χ1v) is 20.0. The second-order valence-electron chi connectivity index (χ2n) is 15.0. The normalized spacial score (nSPS) is 11.7. The lowest BCUT2D eigenvalue weighted by molar-refractivity contribution is 0.668. The lowest BCUT2D eigenvalue weighted by atomic mass is 9.94. The summed E-state index contributed by atoms with van der Waals surface area (Å²) < 4.78 is 8.47. The maximum Gasteiger partial charge on any atom is 0.164 e. The van der Waals surface area contributed by atoms with Crippen molar-refractivity contribution in [1.29, 1.82) is 0 Å². The number of hydrogen-bond acceptors (Lipinski definition) is 5. The van der Waals surface area contributed by atoms with Crippen LogP contribution < -0.4 is 0 Å². The molecule has 0 saturated heterocycles. The van der Waals surface area contributed by atoms with Crippen molar-refractivity contribution < 1.29 is 4.42 Å². The highest BCUT2D eigenvalue weighted by Crippen LogP contribution is 2.42. The molecule has 0 amide bonds. The smallest absolute Gasteiger partial charge is 0.164 e. The fourth-order valence-electron chi connectivity index (χ4n) is 8.65. The minimum atomic E-state index is 0.578. The van der Waals surface area contributed by atoms with Gasteiger partial charge in [-0.05, 0) is 94.4 Å². The van der Waals surface area contributed by atoms with Crippen molar-refractivity contribution >= 4 is 54.6 Å². The Hall–Kier alpha value is -8.22. The van der Waals surface area contributed by atoms with Gasteiger partial charge in [0.2, 0.25) is 0 Å². The van der Waals surface area contributed by atoms with E-state index in [2.05, 4.69) is 149 Å². The molecule has 0 saturated carbocycles. The van der Waals surface area contributed by atoms with Gasteiger partial charge in [-0.15, -0.1) is 0 Å². The molecule has 4 heterocycles. The van der Waals surface area contributed by atoms with E-state index in [0.717, 1.165) is 50.0 Å². The third-order valence-corrected chi connectivity index (χ3v) is 11.5. The molecule has 0 N–H and O–H groups in total. The number of benzene rings is 8. The third-order valence-electron chi connectivity index (χ3n) is 11.5. The van der Waals surface area contributed by atoms with Crippen LogP contribution in [0.1, 0.15) is 0 Å². The zero-order valence-corrected chi connectivity index (χ0v) is 32.2. The number of nitrogens with zero attached hydrogens (tertiary/aromatic N) is 5. The lowest BCUT2D eigenvalue weighted by Gasteiger charge is -2.14. The Morgan fingerprint density at radius 1 is 0.367 bits per heavy atom. The topological polar surface area (TPSA) is 69.6 Å². The molecule has 280 valence electrons. The van der Waals surface area contributed by atoms with E-state index in [-0.39, 0.29) is 0 Å². The molecular formula is C54H33N5O. The Balaban J connectivity index is 0.992. The van der Waals surface area contributed by atoms with Crippen molar-refractivity contribution in [1.82, 2.24) is 24.5 Å². The zero-order chi connectivity index (χ0) is 39.6. The van der Waals surface area contributed by atoms with Crippen molar-refractivity contribution in [2.45, 2.75) is 0 Å². The highest BCUT2D eigenvalue weighted by Gasteiger charge is 2.19. The van der Waals surface area contributed by atoms with Gasteiger partial charge in [0, 0.05) is 50.1 Å². The van der Waals surface area contributed by atoms with Crippen LogP contribution in [0.3, 0.4) is 0 Å². The van der Waals surface area contributed by atoms with Crippen molar-refractivity contribution in [2.75, 3.05) is 0 Å². The average molecular weight is 768 g/mol. The van der Waals surface area contributed by atoms with Gasteiger partial charge in [-0.1, -0.05) is 127 Å². The van der Waals surface area contributed by atoms with Crippen LogP contribution in [0.4, 0.5) is 0 Å². The van der Waals surface area contributed by atoms with Gasteiger partial charge in [0.05, 0.1) is 11.0 Å². The van der Waals surface area contributed by atoms with Crippen LogP contribution in [0.2, 0.25) is 0 Å². The predicted octanol–water partition coefficient (Wildman–Crippen LogP) is 13.8. The van der Waals surface area contributed by atoms with E-state index >= 15 is 0 Å². The summed E-state index contributed by atoms with van der Waals surface area (Å²) in [6.07, 6.45) is 1.79. The van der Waals surface area contributed by atoms with Gasteiger partial charge in [0.1, 0.15) is 11.1 Å². The molecule has 0 atom stereocenters. The summed E-state index contributed by atoms with van der Waals surface area (Å²) in [5.41, 5.74) is 13.2. The second kappa shape index (κ2) is 13.7. The molecule has 0 aliphatic carbocycles. The van der Waals surface area contributed by atoms with Gasteiger partial charge in [-0.3, -0.25) is 4.98 Å². The van der Waals surface area contributed by atoms with Crippen molar-refractivity contribution in [3.8, 4) is 62.1 Å². The fourth-order valence-corrected chi connectivity index (χ4v) is 8.65. The Morgan fingerprint density at radius 3 is 1.68 bits per heavy atom. The molecule has 60 heavy (non-hydrogen) atoms. The zero-order valence-electron chi connectivity index (χ0n) is 32.2. The van der Waals surface area contributed by atoms with Gasteiger partial charge in [0.15, 0.2) is 23.1 Å². The van der Waals surface area contributed by atoms with E-state index in [9.17, 15) is 0 Å². The maximum atomic E-state index is 6.07. The fraction of sp³-hybridized carbons (Fsp3) is 0. The van der Waals surface area contributed by atoms with Crippen LogP contribution in [0, 0.1) is 0 Å². The van der Waals surface area contributed by atoms with E-state index in [4.69, 9.17) is 19.4 Å². The summed E-state index contributed by atoms with van der Waals surface area (Å²) in [4.78, 5) is 19.7. The number of hydrogen-bond donors (Lipinski definition) is 0. The quantitative estimate of drug-likeness (QED) is 0.168. The van der Waals surface area contributed by atoms with Crippen LogP contribution in [-0.2, 0) is 0 Å². The Morgan fingerprint density at radius 2 is 0.933 bits per heavy atom. The average Bonchev–Trinajstić information content (AvgIpc) is 3.87. The number of fused-ring (bicyclic) bond motifs is 8. The van der Waals surface area contributed by atoms with E-state index in [1.807, 2.05) is 54.6 Å². The van der Waals surface area contributed by atoms with Crippen LogP contribution >= 0.6 is 0 Å². The van der Waals surface area contributed by atoms with Crippen molar-refractivity contribution in [3.63, 3.8) is 0 Å². The molecule has 0 radical (unpaired) electrons. The summed E-state index contributed by atoms with van der Waals surface area (Å²) in [5.74, 6) is 1.78. The van der Waals surface area contributed by atoms with Crippen LogP contribution in [0.15, 0.2) is 205 Å². The van der Waals surface area contributed by atoms with E-state index in [1.165, 1.54) is 49.3 Å². The molecule has 0 unspecified atom stereocenters. The van der Waals surface area contributed by atoms with Gasteiger partial charge in [-0.2, -0.15) is 0 Å². The van der Waals surface area contributed by atoms with E-state index in [1.54, 1.807) is 6.20 Å². The minimum absolute atomic E-state index is 0.578. The molecular weight excluding hydrogens is 735 g/mol. The van der Waals surface area contributed by atoms with Gasteiger partial charge < -0.3 is 8.98 Å². The van der Waals surface area contributed by atoms with Gasteiger partial charge in [-0.25, -0.2) is 15.0 Å². The number of rotatable bonds is 6. The molecule has 0 aliphatic rings. The summed E-state index contributed by atoms with van der Waals surface area (Å²) in [7, 11) is 0. The van der Waals surface area contributed by atoms with Crippen LogP contribution in [0.25, 0.3) is 117 Å². The van der Waals surface area contributed by atoms with E-state index in [0.29, 0.717) is 17.5 Å². The van der Waals surface area contributed by atoms with Gasteiger partial charge >= 0.3 is 0 Å². The molecule has 6 heteroatoms. The first kappa shape index (κ1) is 33.9. The van der Waals surface area contributed by atoms with Crippen molar-refractivity contribution in [2.24, 2.45) is 0 Å². The minimum Gasteiger partial charge on any atom is -0.454 e. The van der Waals surface area contributed by atoms with E-state index < -0.39 is 0 Å². The maximum absolute atomic E-state index is 6.07. The predicted molar refractivity (Wildman–Crippen MR) is 244 cm³/mol. The highest BCUT2D eigenvalue weighted by molar-refractivity contribution is 6.22. The monoisotopic (exact) mass is 767 g/mol. The molecule has 4 aromatic heterocycles. The van der Waals surface area contributed by atoms with Gasteiger partial charge in [0.25, 0.3) is 0 Å². The van der Waals surface area contributed by atoms with Crippen LogP contribution in [0.5, 0.6) is 0 Å².